The molecule has 2 heterocycles. The summed E-state index contributed by atoms with van der Waals surface area (Å²) in [4.78, 5) is 2.94. The first-order valence-electron chi connectivity index (χ1n) is 7.33. The van der Waals surface area contributed by atoms with Crippen molar-refractivity contribution in [3.8, 4) is 0 Å². The molecule has 6 heteroatoms. The number of fused-ring (bicyclic) bond motifs is 1. The van der Waals surface area contributed by atoms with Crippen molar-refractivity contribution in [1.82, 2.24) is 4.90 Å². The van der Waals surface area contributed by atoms with Crippen LogP contribution in [0.3, 0.4) is 0 Å². The molecule has 3 rings (SSSR count). The van der Waals surface area contributed by atoms with Gasteiger partial charge in [-0.3, -0.25) is 4.90 Å². The number of halogens is 1. The van der Waals surface area contributed by atoms with Crippen LogP contribution in [0.2, 0.25) is 0 Å². The molecule has 21 heavy (non-hydrogen) atoms. The lowest BCUT2D eigenvalue weighted by atomic mass is 10.1. The molecule has 3 N–H and O–H groups in total. The lowest BCUT2D eigenvalue weighted by Crippen LogP contribution is -2.48. The number of nitrogens with two attached hydrogens (primary N) is 1. The van der Waals surface area contributed by atoms with Crippen LogP contribution in [0.1, 0.15) is 18.4 Å². The molecule has 4 nitrogen and oxygen atoms in total. The Labute approximate surface area is 139 Å². The topological polar surface area (TPSA) is 50.5 Å². The van der Waals surface area contributed by atoms with Crippen molar-refractivity contribution in [3.05, 3.63) is 28.2 Å². The Hall–Kier alpha value is -0.690. The van der Waals surface area contributed by atoms with Crippen molar-refractivity contribution in [2.75, 3.05) is 31.6 Å². The monoisotopic (exact) mass is 369 g/mol. The fourth-order valence-corrected chi connectivity index (χ4v) is 4.09. The molecule has 1 aromatic carbocycles. The van der Waals surface area contributed by atoms with Gasteiger partial charge >= 0.3 is 0 Å². The molecule has 2 fully saturated rings. The van der Waals surface area contributed by atoms with Crippen LogP contribution in [0.4, 0.5) is 5.69 Å². The van der Waals surface area contributed by atoms with Crippen LogP contribution >= 0.6 is 28.1 Å². The van der Waals surface area contributed by atoms with E-state index in [1.165, 1.54) is 19.4 Å². The van der Waals surface area contributed by atoms with Gasteiger partial charge in [0.2, 0.25) is 0 Å². The van der Waals surface area contributed by atoms with E-state index in [0.29, 0.717) is 11.0 Å². The largest absolute Gasteiger partial charge is 0.389 e. The minimum absolute atomic E-state index is 0.220. The number of rotatable bonds is 4. The van der Waals surface area contributed by atoms with Crippen LogP contribution in [-0.4, -0.2) is 48.3 Å². The van der Waals surface area contributed by atoms with Crippen LogP contribution in [-0.2, 0) is 4.74 Å². The van der Waals surface area contributed by atoms with Gasteiger partial charge < -0.3 is 15.8 Å². The molecule has 2 aliphatic heterocycles. The van der Waals surface area contributed by atoms with Gasteiger partial charge in [0.1, 0.15) is 4.99 Å². The number of hydrogen-bond donors (Lipinski definition) is 2. The molecule has 1 aromatic rings. The number of nitrogens with one attached hydrogen (secondary N) is 1. The Bertz CT molecular complexity index is 540. The fraction of sp³-hybridized carbons (Fsp3) is 0.533. The first-order valence-corrected chi connectivity index (χ1v) is 8.53. The quantitative estimate of drug-likeness (QED) is 0.797. The third kappa shape index (κ3) is 3.39. The molecule has 0 radical (unpaired) electrons. The molecule has 2 aliphatic rings. The number of anilines is 1. The van der Waals surface area contributed by atoms with Gasteiger partial charge in [-0.2, -0.15) is 0 Å². The predicted molar refractivity (Wildman–Crippen MR) is 92.9 cm³/mol. The summed E-state index contributed by atoms with van der Waals surface area (Å²) in [6, 6.07) is 6.57. The minimum atomic E-state index is 0.220. The van der Waals surface area contributed by atoms with Crippen molar-refractivity contribution < 1.29 is 4.74 Å². The summed E-state index contributed by atoms with van der Waals surface area (Å²) >= 11 is 8.64. The first-order chi connectivity index (χ1) is 10.1. The van der Waals surface area contributed by atoms with E-state index in [0.717, 1.165) is 35.4 Å². The second-order valence-electron chi connectivity index (χ2n) is 5.65. The van der Waals surface area contributed by atoms with E-state index in [4.69, 9.17) is 22.7 Å². The summed E-state index contributed by atoms with van der Waals surface area (Å²) in [7, 11) is 0. The summed E-state index contributed by atoms with van der Waals surface area (Å²) in [5.41, 5.74) is 7.64. The van der Waals surface area contributed by atoms with E-state index < -0.39 is 0 Å². The van der Waals surface area contributed by atoms with Crippen molar-refractivity contribution in [1.29, 1.82) is 0 Å². The Morgan fingerprint density at radius 2 is 2.38 bits per heavy atom. The molecule has 0 amide bonds. The Balaban J connectivity index is 1.63. The highest BCUT2D eigenvalue weighted by molar-refractivity contribution is 9.10. The Morgan fingerprint density at radius 3 is 3.19 bits per heavy atom. The van der Waals surface area contributed by atoms with Gasteiger partial charge in [-0.1, -0.05) is 18.3 Å². The van der Waals surface area contributed by atoms with E-state index in [9.17, 15) is 0 Å². The van der Waals surface area contributed by atoms with Crippen LogP contribution < -0.4 is 11.1 Å². The number of benzene rings is 1. The van der Waals surface area contributed by atoms with E-state index in [-0.39, 0.29) is 6.10 Å². The van der Waals surface area contributed by atoms with E-state index in [1.54, 1.807) is 0 Å². The van der Waals surface area contributed by atoms with Gasteiger partial charge in [-0.05, 0) is 47.4 Å². The highest BCUT2D eigenvalue weighted by atomic mass is 79.9. The number of morpholine rings is 1. The highest BCUT2D eigenvalue weighted by Crippen LogP contribution is 2.26. The second kappa shape index (κ2) is 6.60. The smallest absolute Gasteiger partial charge is 0.107 e. The number of ether oxygens (including phenoxy) is 1. The van der Waals surface area contributed by atoms with Crippen LogP contribution in [0.15, 0.2) is 22.7 Å². The molecule has 0 aromatic heterocycles. The number of thiocarbonyl (C=S) groups is 1. The Morgan fingerprint density at radius 1 is 1.52 bits per heavy atom. The van der Waals surface area contributed by atoms with E-state index in [2.05, 4.69) is 26.1 Å². The van der Waals surface area contributed by atoms with Crippen molar-refractivity contribution in [2.45, 2.75) is 25.0 Å². The molecule has 0 aliphatic carbocycles. The average molecular weight is 370 g/mol. The standard InChI is InChI=1S/C15H20BrN3OS/c16-12-4-1-5-13(14(12)15(17)21)18-7-11-8-19-6-2-3-10(19)9-20-11/h1,4-5,10-11,18H,2-3,6-9H2,(H2,17,21). The van der Waals surface area contributed by atoms with Gasteiger partial charge in [0, 0.05) is 34.9 Å². The third-order valence-electron chi connectivity index (χ3n) is 4.24. The zero-order chi connectivity index (χ0) is 14.8. The normalized spacial score (nSPS) is 25.6. The van der Waals surface area contributed by atoms with Crippen molar-refractivity contribution in [2.24, 2.45) is 5.73 Å². The highest BCUT2D eigenvalue weighted by Gasteiger charge is 2.32. The van der Waals surface area contributed by atoms with Gasteiger partial charge in [-0.15, -0.1) is 0 Å². The molecular weight excluding hydrogens is 350 g/mol. The lowest BCUT2D eigenvalue weighted by Gasteiger charge is -2.35. The summed E-state index contributed by atoms with van der Waals surface area (Å²) in [6.45, 7) is 3.84. The average Bonchev–Trinajstić information content (AvgIpc) is 2.92. The zero-order valence-electron chi connectivity index (χ0n) is 11.8. The van der Waals surface area contributed by atoms with E-state index >= 15 is 0 Å². The molecule has 0 saturated carbocycles. The summed E-state index contributed by atoms with van der Waals surface area (Å²) < 4.78 is 6.88. The fourth-order valence-electron chi connectivity index (χ4n) is 3.15. The zero-order valence-corrected chi connectivity index (χ0v) is 14.3. The van der Waals surface area contributed by atoms with Gasteiger partial charge in [0.05, 0.1) is 12.7 Å². The summed E-state index contributed by atoms with van der Waals surface area (Å²) in [5, 5.41) is 3.44. The second-order valence-corrected chi connectivity index (χ2v) is 6.95. The van der Waals surface area contributed by atoms with Crippen LogP contribution in [0, 0.1) is 0 Å². The van der Waals surface area contributed by atoms with Gasteiger partial charge in [0.15, 0.2) is 0 Å². The number of hydrogen-bond acceptors (Lipinski definition) is 4. The predicted octanol–water partition coefficient (Wildman–Crippen LogP) is 2.36. The first kappa shape index (κ1) is 15.2. The summed E-state index contributed by atoms with van der Waals surface area (Å²) in [6.07, 6.45) is 2.79. The molecule has 2 unspecified atom stereocenters. The number of nitrogens with zero attached hydrogens (tertiary/aromatic N) is 1. The molecule has 0 bridgehead atoms. The molecule has 114 valence electrons. The molecular formula is C15H20BrN3OS. The van der Waals surface area contributed by atoms with Crippen LogP contribution in [0.25, 0.3) is 0 Å². The molecule has 2 atom stereocenters. The van der Waals surface area contributed by atoms with Gasteiger partial charge in [0.25, 0.3) is 0 Å². The Kier molecular flexibility index (Phi) is 4.78. The van der Waals surface area contributed by atoms with Crippen molar-refractivity contribution in [3.63, 3.8) is 0 Å². The van der Waals surface area contributed by atoms with E-state index in [1.807, 2.05) is 18.2 Å². The molecule has 0 spiro atoms. The minimum Gasteiger partial charge on any atom is -0.389 e. The SMILES string of the molecule is NC(=S)c1c(Br)cccc1NCC1CN2CCCC2CO1. The van der Waals surface area contributed by atoms with Crippen molar-refractivity contribution >= 4 is 38.8 Å². The maximum atomic E-state index is 5.96. The summed E-state index contributed by atoms with van der Waals surface area (Å²) in [5.74, 6) is 0. The lowest BCUT2D eigenvalue weighted by molar-refractivity contribution is -0.0415. The molecule has 2 saturated heterocycles. The van der Waals surface area contributed by atoms with Crippen LogP contribution in [0.5, 0.6) is 0 Å². The van der Waals surface area contributed by atoms with Gasteiger partial charge in [-0.25, -0.2) is 0 Å². The maximum absolute atomic E-state index is 5.96. The third-order valence-corrected chi connectivity index (χ3v) is 5.11. The maximum Gasteiger partial charge on any atom is 0.107 e.